The third kappa shape index (κ3) is 2.37. The molecule has 1 aliphatic rings. The minimum Gasteiger partial charge on any atom is -0.483 e. The summed E-state index contributed by atoms with van der Waals surface area (Å²) >= 11 is 11.9. The maximum Gasteiger partial charge on any atom is 0.157 e. The highest BCUT2D eigenvalue weighted by Gasteiger charge is 2.27. The highest BCUT2D eigenvalue weighted by atomic mass is 35.5. The third-order valence-corrected chi connectivity index (χ3v) is 2.91. The van der Waals surface area contributed by atoms with Crippen molar-refractivity contribution in [1.82, 2.24) is 5.32 Å². The molecule has 0 spiro atoms. The van der Waals surface area contributed by atoms with Crippen molar-refractivity contribution in [3.63, 3.8) is 0 Å². The fourth-order valence-corrected chi connectivity index (χ4v) is 1.99. The normalized spacial score (nSPS) is 25.5. The molecular formula is C10H11Cl2NO2. The molecule has 5 heteroatoms. The monoisotopic (exact) mass is 247 g/mol. The zero-order chi connectivity index (χ0) is 10.8. The van der Waals surface area contributed by atoms with E-state index >= 15 is 0 Å². The molecular weight excluding hydrogens is 237 g/mol. The zero-order valence-electron chi connectivity index (χ0n) is 7.91. The molecule has 1 aliphatic heterocycles. The van der Waals surface area contributed by atoms with Gasteiger partial charge in [0.25, 0.3) is 0 Å². The van der Waals surface area contributed by atoms with Crippen LogP contribution in [0.1, 0.15) is 0 Å². The number of nitrogens with one attached hydrogen (secondary N) is 1. The second-order valence-corrected chi connectivity index (χ2v) is 4.25. The Morgan fingerprint density at radius 3 is 2.47 bits per heavy atom. The Hall–Kier alpha value is -0.480. The van der Waals surface area contributed by atoms with Gasteiger partial charge in [0, 0.05) is 13.1 Å². The minimum atomic E-state index is -0.516. The molecule has 1 saturated heterocycles. The van der Waals surface area contributed by atoms with Gasteiger partial charge in [0.15, 0.2) is 5.75 Å². The minimum absolute atomic E-state index is 0.289. The van der Waals surface area contributed by atoms with E-state index in [0.717, 1.165) is 0 Å². The van der Waals surface area contributed by atoms with E-state index in [1.165, 1.54) is 0 Å². The number of hydrogen-bond acceptors (Lipinski definition) is 3. The molecule has 0 aromatic heterocycles. The topological polar surface area (TPSA) is 41.5 Å². The number of benzene rings is 1. The summed E-state index contributed by atoms with van der Waals surface area (Å²) in [7, 11) is 0. The van der Waals surface area contributed by atoms with Gasteiger partial charge >= 0.3 is 0 Å². The van der Waals surface area contributed by atoms with Crippen molar-refractivity contribution in [3.05, 3.63) is 28.2 Å². The van der Waals surface area contributed by atoms with Crippen molar-refractivity contribution < 1.29 is 9.84 Å². The van der Waals surface area contributed by atoms with E-state index in [4.69, 9.17) is 27.9 Å². The lowest BCUT2D eigenvalue weighted by molar-refractivity contribution is 0.0739. The number of hydrogen-bond donors (Lipinski definition) is 2. The fourth-order valence-electron chi connectivity index (χ4n) is 1.51. The molecule has 1 fully saturated rings. The van der Waals surface area contributed by atoms with Crippen LogP contribution in [0.5, 0.6) is 5.75 Å². The second kappa shape index (κ2) is 4.58. The summed E-state index contributed by atoms with van der Waals surface area (Å²) in [4.78, 5) is 0. The number of halogens is 2. The van der Waals surface area contributed by atoms with Crippen LogP contribution in [0.2, 0.25) is 10.0 Å². The van der Waals surface area contributed by atoms with Crippen molar-refractivity contribution in [3.8, 4) is 5.75 Å². The summed E-state index contributed by atoms with van der Waals surface area (Å²) < 4.78 is 5.57. The van der Waals surface area contributed by atoms with E-state index < -0.39 is 6.10 Å². The predicted octanol–water partition coefficient (Wildman–Crippen LogP) is 1.70. The lowest BCUT2D eigenvalue weighted by atomic mass is 10.2. The van der Waals surface area contributed by atoms with Crippen molar-refractivity contribution in [2.75, 3.05) is 13.1 Å². The van der Waals surface area contributed by atoms with Crippen LogP contribution in [0, 0.1) is 0 Å². The molecule has 0 saturated carbocycles. The number of aliphatic hydroxyl groups is 1. The van der Waals surface area contributed by atoms with E-state index in [0.29, 0.717) is 28.9 Å². The van der Waals surface area contributed by atoms with Crippen LogP contribution in [0.25, 0.3) is 0 Å². The van der Waals surface area contributed by atoms with Gasteiger partial charge in [0.1, 0.15) is 12.2 Å². The summed E-state index contributed by atoms with van der Waals surface area (Å²) in [5.74, 6) is 0.439. The van der Waals surface area contributed by atoms with Gasteiger partial charge in [-0.15, -0.1) is 0 Å². The molecule has 2 N–H and O–H groups in total. The maximum atomic E-state index is 9.56. The molecule has 82 valence electrons. The predicted molar refractivity (Wildman–Crippen MR) is 59.8 cm³/mol. The Balaban J connectivity index is 2.16. The standard InChI is InChI=1S/C10H11Cl2NO2/c11-6-2-1-3-7(12)10(6)15-9-5-13-4-8(9)14/h1-3,8-9,13-14H,4-5H2/t8-,9-/m0/s1. The van der Waals surface area contributed by atoms with Gasteiger partial charge < -0.3 is 15.2 Å². The molecule has 3 nitrogen and oxygen atoms in total. The van der Waals surface area contributed by atoms with Gasteiger partial charge in [0.05, 0.1) is 10.0 Å². The Morgan fingerprint density at radius 1 is 1.27 bits per heavy atom. The molecule has 0 bridgehead atoms. The lowest BCUT2D eigenvalue weighted by Gasteiger charge is -2.17. The van der Waals surface area contributed by atoms with E-state index in [2.05, 4.69) is 5.32 Å². The highest BCUT2D eigenvalue weighted by molar-refractivity contribution is 6.37. The van der Waals surface area contributed by atoms with E-state index in [-0.39, 0.29) is 6.10 Å². The molecule has 2 rings (SSSR count). The number of rotatable bonds is 2. The van der Waals surface area contributed by atoms with Crippen LogP contribution >= 0.6 is 23.2 Å². The Kier molecular flexibility index (Phi) is 3.36. The Morgan fingerprint density at radius 2 is 1.93 bits per heavy atom. The van der Waals surface area contributed by atoms with Crippen LogP contribution in [-0.2, 0) is 0 Å². The van der Waals surface area contributed by atoms with Crippen LogP contribution in [0.15, 0.2) is 18.2 Å². The van der Waals surface area contributed by atoms with Gasteiger partial charge in [-0.05, 0) is 12.1 Å². The first-order valence-electron chi connectivity index (χ1n) is 4.68. The van der Waals surface area contributed by atoms with Crippen molar-refractivity contribution in [1.29, 1.82) is 0 Å². The quantitative estimate of drug-likeness (QED) is 0.837. The summed E-state index contributed by atoms with van der Waals surface area (Å²) in [6, 6.07) is 5.16. The van der Waals surface area contributed by atoms with Gasteiger partial charge in [-0.2, -0.15) is 0 Å². The lowest BCUT2D eigenvalue weighted by Crippen LogP contribution is -2.30. The molecule has 2 atom stereocenters. The van der Waals surface area contributed by atoms with Gasteiger partial charge in [-0.25, -0.2) is 0 Å². The number of ether oxygens (including phenoxy) is 1. The summed E-state index contributed by atoms with van der Waals surface area (Å²) in [5.41, 5.74) is 0. The third-order valence-electron chi connectivity index (χ3n) is 2.32. The molecule has 1 heterocycles. The van der Waals surface area contributed by atoms with Crippen LogP contribution in [-0.4, -0.2) is 30.4 Å². The number of aliphatic hydroxyl groups excluding tert-OH is 1. The van der Waals surface area contributed by atoms with Crippen LogP contribution in [0.4, 0.5) is 0 Å². The molecule has 0 aliphatic carbocycles. The Labute approximate surface area is 97.9 Å². The summed E-state index contributed by atoms with van der Waals surface area (Å²) in [6.07, 6.45) is -0.806. The summed E-state index contributed by atoms with van der Waals surface area (Å²) in [5, 5.41) is 13.5. The average Bonchev–Trinajstić information content (AvgIpc) is 2.58. The SMILES string of the molecule is O[C@H]1CNC[C@@H]1Oc1c(Cl)cccc1Cl. The van der Waals surface area contributed by atoms with Gasteiger partial charge in [0.2, 0.25) is 0 Å². The van der Waals surface area contributed by atoms with Gasteiger partial charge in [-0.1, -0.05) is 29.3 Å². The first kappa shape index (κ1) is 11.0. The van der Waals surface area contributed by atoms with Crippen molar-refractivity contribution in [2.24, 2.45) is 0 Å². The first-order valence-corrected chi connectivity index (χ1v) is 5.43. The fraction of sp³-hybridized carbons (Fsp3) is 0.400. The molecule has 1 aromatic carbocycles. The maximum absolute atomic E-state index is 9.56. The van der Waals surface area contributed by atoms with Crippen LogP contribution in [0.3, 0.4) is 0 Å². The van der Waals surface area contributed by atoms with E-state index in [1.807, 2.05) is 0 Å². The van der Waals surface area contributed by atoms with E-state index in [9.17, 15) is 5.11 Å². The van der Waals surface area contributed by atoms with E-state index in [1.54, 1.807) is 18.2 Å². The second-order valence-electron chi connectivity index (χ2n) is 3.43. The molecule has 0 amide bonds. The highest BCUT2D eigenvalue weighted by Crippen LogP contribution is 2.33. The molecule has 15 heavy (non-hydrogen) atoms. The summed E-state index contributed by atoms with van der Waals surface area (Å²) in [6.45, 7) is 1.13. The number of β-amino-alcohol motifs (C(OH)–C–C–N with tert-alkyl or cyclic N) is 1. The zero-order valence-corrected chi connectivity index (χ0v) is 9.42. The molecule has 0 unspecified atom stereocenters. The number of para-hydroxylation sites is 1. The van der Waals surface area contributed by atoms with Crippen molar-refractivity contribution in [2.45, 2.75) is 12.2 Å². The van der Waals surface area contributed by atoms with Crippen LogP contribution < -0.4 is 10.1 Å². The first-order chi connectivity index (χ1) is 7.18. The smallest absolute Gasteiger partial charge is 0.157 e. The largest absolute Gasteiger partial charge is 0.483 e. The van der Waals surface area contributed by atoms with Crippen molar-refractivity contribution >= 4 is 23.2 Å². The average molecular weight is 248 g/mol. The van der Waals surface area contributed by atoms with Gasteiger partial charge in [-0.3, -0.25) is 0 Å². The molecule has 0 radical (unpaired) electrons. The molecule has 1 aromatic rings. The Bertz CT molecular complexity index is 339.